The average molecular weight is 465 g/mol. The van der Waals surface area contributed by atoms with E-state index in [1.165, 1.54) is 35.4 Å². The van der Waals surface area contributed by atoms with E-state index in [9.17, 15) is 21.6 Å². The minimum Gasteiger partial charge on any atom is -0.484 e. The van der Waals surface area contributed by atoms with Crippen molar-refractivity contribution in [2.24, 2.45) is 0 Å². The molecule has 1 atom stereocenters. The molecule has 2 N–H and O–H groups in total. The SMILES string of the molecule is O=C(COc1ccc2c(c1)CCC2)Nc1ccc(S(=O)(=O)NC2CCS(=O)(=O)C2)cc1. The Kier molecular flexibility index (Phi) is 6.05. The molecule has 1 fully saturated rings. The number of amides is 1. The number of ether oxygens (including phenoxy) is 1. The van der Waals surface area contributed by atoms with E-state index in [4.69, 9.17) is 4.74 Å². The molecule has 0 radical (unpaired) electrons. The molecule has 10 heteroatoms. The first-order valence-corrected chi connectivity index (χ1v) is 13.4. The molecule has 1 unspecified atom stereocenters. The van der Waals surface area contributed by atoms with Crippen LogP contribution in [-0.4, -0.2) is 46.9 Å². The molecule has 1 amide bonds. The molecule has 2 aromatic rings. The number of sulfone groups is 1. The fourth-order valence-corrected chi connectivity index (χ4v) is 6.93. The molecule has 1 saturated heterocycles. The smallest absolute Gasteiger partial charge is 0.262 e. The van der Waals surface area contributed by atoms with Gasteiger partial charge in [0.1, 0.15) is 5.75 Å². The average Bonchev–Trinajstić information content (AvgIpc) is 3.31. The van der Waals surface area contributed by atoms with Crippen LogP contribution in [0.4, 0.5) is 5.69 Å². The summed E-state index contributed by atoms with van der Waals surface area (Å²) < 4.78 is 56.0. The zero-order chi connectivity index (χ0) is 22.1. The van der Waals surface area contributed by atoms with Gasteiger partial charge in [0.25, 0.3) is 5.91 Å². The predicted molar refractivity (Wildman–Crippen MR) is 116 cm³/mol. The van der Waals surface area contributed by atoms with Crippen LogP contribution in [0.5, 0.6) is 5.75 Å². The minimum absolute atomic E-state index is 0.00388. The molecular formula is C21H24N2O6S2. The summed E-state index contributed by atoms with van der Waals surface area (Å²) in [4.78, 5) is 12.2. The molecule has 1 heterocycles. The lowest BCUT2D eigenvalue weighted by molar-refractivity contribution is -0.118. The molecule has 0 bridgehead atoms. The van der Waals surface area contributed by atoms with Crippen LogP contribution in [0.25, 0.3) is 0 Å². The van der Waals surface area contributed by atoms with Gasteiger partial charge in [-0.15, -0.1) is 0 Å². The number of anilines is 1. The highest BCUT2D eigenvalue weighted by molar-refractivity contribution is 7.92. The topological polar surface area (TPSA) is 119 Å². The number of hydrogen-bond acceptors (Lipinski definition) is 6. The fraction of sp³-hybridized carbons (Fsp3) is 0.381. The zero-order valence-electron chi connectivity index (χ0n) is 16.8. The van der Waals surface area contributed by atoms with E-state index in [2.05, 4.69) is 10.0 Å². The first-order valence-electron chi connectivity index (χ1n) is 10.1. The maximum atomic E-state index is 12.5. The van der Waals surface area contributed by atoms with E-state index >= 15 is 0 Å². The number of benzene rings is 2. The number of carbonyl (C=O) groups excluding carboxylic acids is 1. The van der Waals surface area contributed by atoms with Gasteiger partial charge in [-0.3, -0.25) is 4.79 Å². The van der Waals surface area contributed by atoms with Crippen molar-refractivity contribution in [1.82, 2.24) is 4.72 Å². The monoisotopic (exact) mass is 464 g/mol. The highest BCUT2D eigenvalue weighted by Gasteiger charge is 2.31. The standard InChI is InChI=1S/C21H24N2O6S2/c24-21(13-29-19-7-4-15-2-1-3-16(15)12-19)22-17-5-8-20(9-6-17)31(27,28)23-18-10-11-30(25,26)14-18/h4-9,12,18,23H,1-3,10-11,13-14H2,(H,22,24). The van der Waals surface area contributed by atoms with Gasteiger partial charge in [0.2, 0.25) is 10.0 Å². The molecule has 0 saturated carbocycles. The molecule has 2 aliphatic rings. The van der Waals surface area contributed by atoms with Crippen LogP contribution in [0.3, 0.4) is 0 Å². The summed E-state index contributed by atoms with van der Waals surface area (Å²) in [7, 11) is -7.03. The van der Waals surface area contributed by atoms with Crippen molar-refractivity contribution >= 4 is 31.5 Å². The minimum atomic E-state index is -3.84. The maximum Gasteiger partial charge on any atom is 0.262 e. The van der Waals surface area contributed by atoms with Crippen molar-refractivity contribution in [1.29, 1.82) is 0 Å². The van der Waals surface area contributed by atoms with E-state index in [0.717, 1.165) is 19.3 Å². The van der Waals surface area contributed by atoms with Crippen molar-refractivity contribution in [3.8, 4) is 5.75 Å². The molecule has 4 rings (SSSR count). The summed E-state index contributed by atoms with van der Waals surface area (Å²) in [5.41, 5.74) is 3.03. The molecule has 2 aromatic carbocycles. The first kappa shape index (κ1) is 21.8. The second kappa shape index (κ2) is 8.60. The van der Waals surface area contributed by atoms with Gasteiger partial charge in [-0.05, 0) is 73.2 Å². The zero-order valence-corrected chi connectivity index (χ0v) is 18.5. The molecule has 1 aliphatic carbocycles. The van der Waals surface area contributed by atoms with Crippen molar-refractivity contribution < 1.29 is 26.4 Å². The van der Waals surface area contributed by atoms with Crippen LogP contribution in [0.2, 0.25) is 0 Å². The van der Waals surface area contributed by atoms with Gasteiger partial charge in [0.15, 0.2) is 16.4 Å². The number of sulfonamides is 1. The lowest BCUT2D eigenvalue weighted by Gasteiger charge is -2.12. The number of hydrogen-bond donors (Lipinski definition) is 2. The number of nitrogens with one attached hydrogen (secondary N) is 2. The number of aryl methyl sites for hydroxylation is 2. The highest BCUT2D eigenvalue weighted by Crippen LogP contribution is 2.26. The Labute approximate surface area is 182 Å². The Bertz CT molecular complexity index is 1190. The third-order valence-corrected chi connectivity index (χ3v) is 8.75. The van der Waals surface area contributed by atoms with Crippen LogP contribution in [-0.2, 0) is 37.5 Å². The molecule has 0 spiro atoms. The van der Waals surface area contributed by atoms with Crippen molar-refractivity contribution in [3.05, 3.63) is 53.6 Å². The first-order chi connectivity index (χ1) is 14.7. The van der Waals surface area contributed by atoms with Gasteiger partial charge in [-0.25, -0.2) is 21.6 Å². The second-order valence-electron chi connectivity index (χ2n) is 7.87. The lowest BCUT2D eigenvalue weighted by atomic mass is 10.1. The summed E-state index contributed by atoms with van der Waals surface area (Å²) in [5, 5.41) is 2.67. The lowest BCUT2D eigenvalue weighted by Crippen LogP contribution is -2.35. The summed E-state index contributed by atoms with van der Waals surface area (Å²) in [5.74, 6) is 0.0890. The van der Waals surface area contributed by atoms with Gasteiger partial charge in [-0.1, -0.05) is 6.07 Å². The summed E-state index contributed by atoms with van der Waals surface area (Å²) >= 11 is 0. The van der Waals surface area contributed by atoms with Crippen LogP contribution >= 0.6 is 0 Å². The highest BCUT2D eigenvalue weighted by atomic mass is 32.2. The third kappa shape index (κ3) is 5.44. The van der Waals surface area contributed by atoms with Gasteiger partial charge < -0.3 is 10.1 Å². The van der Waals surface area contributed by atoms with E-state index in [-0.39, 0.29) is 35.3 Å². The molecular weight excluding hydrogens is 440 g/mol. The molecule has 0 aromatic heterocycles. The Morgan fingerprint density at radius 2 is 1.81 bits per heavy atom. The van der Waals surface area contributed by atoms with Gasteiger partial charge in [0, 0.05) is 11.7 Å². The van der Waals surface area contributed by atoms with Crippen LogP contribution in [0, 0.1) is 0 Å². The number of rotatable bonds is 7. The second-order valence-corrected chi connectivity index (χ2v) is 11.8. The van der Waals surface area contributed by atoms with Crippen LogP contribution < -0.4 is 14.8 Å². The van der Waals surface area contributed by atoms with Gasteiger partial charge in [0.05, 0.1) is 16.4 Å². The number of fused-ring (bicyclic) bond motifs is 1. The quantitative estimate of drug-likeness (QED) is 0.643. The number of carbonyl (C=O) groups is 1. The molecule has 166 valence electrons. The van der Waals surface area contributed by atoms with Gasteiger partial charge >= 0.3 is 0 Å². The summed E-state index contributed by atoms with van der Waals surface area (Å²) in [6, 6.07) is 10.9. The Hall–Kier alpha value is -2.43. The van der Waals surface area contributed by atoms with E-state index in [1.807, 2.05) is 18.2 Å². The van der Waals surface area contributed by atoms with E-state index in [1.54, 1.807) is 0 Å². The Morgan fingerprint density at radius 3 is 2.52 bits per heavy atom. The Balaban J connectivity index is 1.31. The summed E-state index contributed by atoms with van der Waals surface area (Å²) in [6.07, 6.45) is 3.51. The van der Waals surface area contributed by atoms with Crippen LogP contribution in [0.15, 0.2) is 47.4 Å². The Morgan fingerprint density at radius 1 is 1.06 bits per heavy atom. The van der Waals surface area contributed by atoms with Gasteiger partial charge in [-0.2, -0.15) is 0 Å². The van der Waals surface area contributed by atoms with E-state index < -0.39 is 25.9 Å². The van der Waals surface area contributed by atoms with Crippen molar-refractivity contribution in [2.75, 3.05) is 23.4 Å². The normalized spacial score (nSPS) is 19.7. The molecule has 8 nitrogen and oxygen atoms in total. The van der Waals surface area contributed by atoms with Crippen LogP contribution in [0.1, 0.15) is 24.0 Å². The summed E-state index contributed by atoms with van der Waals surface area (Å²) in [6.45, 7) is -0.156. The fourth-order valence-electron chi connectivity index (χ4n) is 3.88. The maximum absolute atomic E-state index is 12.5. The third-order valence-electron chi connectivity index (χ3n) is 5.44. The predicted octanol–water partition coefficient (Wildman–Crippen LogP) is 1.66. The van der Waals surface area contributed by atoms with E-state index in [0.29, 0.717) is 11.4 Å². The molecule has 31 heavy (non-hydrogen) atoms. The van der Waals surface area contributed by atoms with Crippen molar-refractivity contribution in [3.63, 3.8) is 0 Å². The van der Waals surface area contributed by atoms with Crippen molar-refractivity contribution in [2.45, 2.75) is 36.6 Å². The largest absolute Gasteiger partial charge is 0.484 e. The molecule has 1 aliphatic heterocycles.